The summed E-state index contributed by atoms with van der Waals surface area (Å²) in [5, 5.41) is 0. The summed E-state index contributed by atoms with van der Waals surface area (Å²) in [5.41, 5.74) is 13.6. The quantitative estimate of drug-likeness (QED) is 0.711. The molecule has 0 radical (unpaired) electrons. The van der Waals surface area contributed by atoms with Crippen LogP contribution in [0.2, 0.25) is 0 Å². The van der Waals surface area contributed by atoms with Crippen molar-refractivity contribution >= 4 is 0 Å². The number of hydrogen-bond donors (Lipinski definition) is 3. The number of imidazole rings is 1. The van der Waals surface area contributed by atoms with Gasteiger partial charge in [0.25, 0.3) is 0 Å². The van der Waals surface area contributed by atoms with E-state index in [9.17, 15) is 0 Å². The van der Waals surface area contributed by atoms with Crippen molar-refractivity contribution in [2.75, 3.05) is 6.61 Å². The Morgan fingerprint density at radius 1 is 1.32 bits per heavy atom. The SMILES string of the molecule is N/C=C\C=C(/N)COc1ccc(-c2cnc[nH]2)cc1. The lowest BCUT2D eigenvalue weighted by Gasteiger charge is -2.06. The molecule has 0 saturated carbocycles. The van der Waals surface area contributed by atoms with Crippen molar-refractivity contribution < 1.29 is 4.74 Å². The third kappa shape index (κ3) is 3.64. The second-order valence-electron chi connectivity index (χ2n) is 3.90. The summed E-state index contributed by atoms with van der Waals surface area (Å²) in [6, 6.07) is 7.70. The molecular formula is C14H16N4O. The van der Waals surface area contributed by atoms with Gasteiger partial charge in [0.05, 0.1) is 18.2 Å². The van der Waals surface area contributed by atoms with Crippen molar-refractivity contribution in [2.45, 2.75) is 0 Å². The first-order chi connectivity index (χ1) is 9.29. The predicted octanol–water partition coefficient (Wildman–Crippen LogP) is 1.77. The summed E-state index contributed by atoms with van der Waals surface area (Å²) in [5.74, 6) is 0.761. The molecule has 0 aliphatic heterocycles. The molecule has 0 saturated heterocycles. The molecule has 5 heteroatoms. The molecule has 0 fully saturated rings. The standard InChI is InChI=1S/C14H16N4O/c15-7-1-2-12(16)9-19-13-5-3-11(4-6-13)14-8-17-10-18-14/h1-8,10H,9,15-16H2,(H,17,18)/b7-1-,12-2-. The van der Waals surface area contributed by atoms with Gasteiger partial charge < -0.3 is 21.2 Å². The number of rotatable bonds is 5. The topological polar surface area (TPSA) is 89.9 Å². The minimum Gasteiger partial charge on any atom is -0.487 e. The summed E-state index contributed by atoms with van der Waals surface area (Å²) in [6.07, 6.45) is 8.22. The Morgan fingerprint density at radius 2 is 2.11 bits per heavy atom. The van der Waals surface area contributed by atoms with Crippen LogP contribution >= 0.6 is 0 Å². The van der Waals surface area contributed by atoms with E-state index in [0.29, 0.717) is 12.3 Å². The highest BCUT2D eigenvalue weighted by Gasteiger charge is 1.99. The van der Waals surface area contributed by atoms with Gasteiger partial charge in [-0.1, -0.05) is 0 Å². The monoisotopic (exact) mass is 256 g/mol. The average Bonchev–Trinajstić information content (AvgIpc) is 2.97. The van der Waals surface area contributed by atoms with Gasteiger partial charge in [-0.25, -0.2) is 4.98 Å². The van der Waals surface area contributed by atoms with Gasteiger partial charge in [0, 0.05) is 5.70 Å². The fourth-order valence-corrected chi connectivity index (χ4v) is 1.54. The Kier molecular flexibility index (Phi) is 4.23. The number of nitrogens with zero attached hydrogens (tertiary/aromatic N) is 1. The van der Waals surface area contributed by atoms with Crippen LogP contribution < -0.4 is 16.2 Å². The van der Waals surface area contributed by atoms with Crippen LogP contribution in [0.25, 0.3) is 11.3 Å². The normalized spacial score (nSPS) is 11.9. The molecule has 1 heterocycles. The van der Waals surface area contributed by atoms with Crippen molar-refractivity contribution in [3.8, 4) is 17.0 Å². The zero-order valence-corrected chi connectivity index (χ0v) is 10.4. The van der Waals surface area contributed by atoms with Crippen molar-refractivity contribution in [3.63, 3.8) is 0 Å². The Hall–Kier alpha value is -2.69. The molecule has 0 atom stereocenters. The zero-order chi connectivity index (χ0) is 13.5. The van der Waals surface area contributed by atoms with Crippen molar-refractivity contribution in [3.05, 3.63) is 60.8 Å². The van der Waals surface area contributed by atoms with E-state index in [1.165, 1.54) is 6.20 Å². The maximum Gasteiger partial charge on any atom is 0.127 e. The lowest BCUT2D eigenvalue weighted by atomic mass is 10.2. The number of nitrogens with one attached hydrogen (secondary N) is 1. The third-order valence-electron chi connectivity index (χ3n) is 2.49. The Labute approximate surface area is 111 Å². The van der Waals surface area contributed by atoms with Gasteiger partial charge >= 0.3 is 0 Å². The van der Waals surface area contributed by atoms with E-state index in [0.717, 1.165) is 17.0 Å². The molecule has 0 unspecified atom stereocenters. The van der Waals surface area contributed by atoms with Gasteiger partial charge in [0.15, 0.2) is 0 Å². The van der Waals surface area contributed by atoms with E-state index in [1.807, 2.05) is 24.3 Å². The van der Waals surface area contributed by atoms with Gasteiger partial charge in [-0.05, 0) is 48.2 Å². The Bertz CT molecular complexity index is 556. The first kappa shape index (κ1) is 12.8. The van der Waals surface area contributed by atoms with Crippen LogP contribution in [-0.4, -0.2) is 16.6 Å². The molecular weight excluding hydrogens is 240 g/mol. The van der Waals surface area contributed by atoms with E-state index < -0.39 is 0 Å². The fraction of sp³-hybridized carbons (Fsp3) is 0.0714. The van der Waals surface area contributed by atoms with Crippen molar-refractivity contribution in [2.24, 2.45) is 11.5 Å². The molecule has 5 N–H and O–H groups in total. The molecule has 1 aromatic carbocycles. The summed E-state index contributed by atoms with van der Waals surface area (Å²) in [7, 11) is 0. The first-order valence-corrected chi connectivity index (χ1v) is 5.84. The number of aromatic amines is 1. The predicted molar refractivity (Wildman–Crippen MR) is 75.1 cm³/mol. The highest BCUT2D eigenvalue weighted by Crippen LogP contribution is 2.20. The number of hydrogen-bond acceptors (Lipinski definition) is 4. The molecule has 0 aliphatic rings. The van der Waals surface area contributed by atoms with Crippen LogP contribution in [-0.2, 0) is 0 Å². The van der Waals surface area contributed by atoms with Crippen LogP contribution in [0.5, 0.6) is 5.75 Å². The van der Waals surface area contributed by atoms with Crippen molar-refractivity contribution in [1.29, 1.82) is 0 Å². The molecule has 5 nitrogen and oxygen atoms in total. The summed E-state index contributed by atoms with van der Waals surface area (Å²) < 4.78 is 5.54. The van der Waals surface area contributed by atoms with Crippen LogP contribution in [0.1, 0.15) is 0 Å². The maximum atomic E-state index is 5.73. The Morgan fingerprint density at radius 3 is 2.74 bits per heavy atom. The van der Waals surface area contributed by atoms with Gasteiger partial charge in [-0.3, -0.25) is 0 Å². The van der Waals surface area contributed by atoms with E-state index in [1.54, 1.807) is 24.7 Å². The van der Waals surface area contributed by atoms with Gasteiger partial charge in [-0.15, -0.1) is 0 Å². The fourth-order valence-electron chi connectivity index (χ4n) is 1.54. The van der Waals surface area contributed by atoms with Crippen LogP contribution in [0.4, 0.5) is 0 Å². The highest BCUT2D eigenvalue weighted by atomic mass is 16.5. The molecule has 0 spiro atoms. The average molecular weight is 256 g/mol. The first-order valence-electron chi connectivity index (χ1n) is 5.84. The van der Waals surface area contributed by atoms with Gasteiger partial charge in [0.2, 0.25) is 0 Å². The maximum absolute atomic E-state index is 5.73. The molecule has 19 heavy (non-hydrogen) atoms. The molecule has 98 valence electrons. The molecule has 0 aliphatic carbocycles. The largest absolute Gasteiger partial charge is 0.487 e. The van der Waals surface area contributed by atoms with E-state index in [4.69, 9.17) is 16.2 Å². The number of aromatic nitrogens is 2. The molecule has 0 bridgehead atoms. The Balaban J connectivity index is 1.96. The summed E-state index contributed by atoms with van der Waals surface area (Å²) in [6.45, 7) is 0.327. The smallest absolute Gasteiger partial charge is 0.127 e. The number of benzene rings is 1. The lowest BCUT2D eigenvalue weighted by Crippen LogP contribution is -2.08. The zero-order valence-electron chi connectivity index (χ0n) is 10.4. The molecule has 2 rings (SSSR count). The van der Waals surface area contributed by atoms with Gasteiger partial charge in [-0.2, -0.15) is 0 Å². The minimum absolute atomic E-state index is 0.327. The van der Waals surface area contributed by atoms with E-state index >= 15 is 0 Å². The molecule has 2 aromatic rings. The van der Waals surface area contributed by atoms with E-state index in [-0.39, 0.29) is 0 Å². The van der Waals surface area contributed by atoms with Crippen LogP contribution in [0, 0.1) is 0 Å². The lowest BCUT2D eigenvalue weighted by molar-refractivity contribution is 0.350. The van der Waals surface area contributed by atoms with Crippen molar-refractivity contribution in [1.82, 2.24) is 9.97 Å². The van der Waals surface area contributed by atoms with E-state index in [2.05, 4.69) is 9.97 Å². The van der Waals surface area contributed by atoms with Crippen LogP contribution in [0.3, 0.4) is 0 Å². The molecule has 1 aromatic heterocycles. The number of H-pyrrole nitrogens is 1. The molecule has 0 amide bonds. The summed E-state index contributed by atoms with van der Waals surface area (Å²) >= 11 is 0. The second-order valence-corrected chi connectivity index (χ2v) is 3.90. The number of nitrogens with two attached hydrogens (primary N) is 2. The second kappa shape index (κ2) is 6.30. The summed E-state index contributed by atoms with van der Waals surface area (Å²) in [4.78, 5) is 7.03. The minimum atomic E-state index is 0.327. The number of ether oxygens (including phenoxy) is 1. The highest BCUT2D eigenvalue weighted by molar-refractivity contribution is 5.58. The third-order valence-corrected chi connectivity index (χ3v) is 2.49. The van der Waals surface area contributed by atoms with Crippen LogP contribution in [0.15, 0.2) is 60.8 Å². The van der Waals surface area contributed by atoms with Gasteiger partial charge in [0.1, 0.15) is 12.4 Å². The number of allylic oxidation sites excluding steroid dienone is 2.